The summed E-state index contributed by atoms with van der Waals surface area (Å²) in [5.74, 6) is 2.32. The van der Waals surface area contributed by atoms with Crippen molar-refractivity contribution in [3.63, 3.8) is 0 Å². The molecule has 0 aromatic rings. The number of ether oxygens (including phenoxy) is 1. The van der Waals surface area contributed by atoms with Crippen LogP contribution in [0, 0.1) is 17.8 Å². The summed E-state index contributed by atoms with van der Waals surface area (Å²) in [7, 11) is 0. The van der Waals surface area contributed by atoms with Crippen LogP contribution >= 0.6 is 0 Å². The van der Waals surface area contributed by atoms with E-state index in [2.05, 4.69) is 13.8 Å². The van der Waals surface area contributed by atoms with Gasteiger partial charge in [-0.15, -0.1) is 0 Å². The van der Waals surface area contributed by atoms with Crippen molar-refractivity contribution in [3.8, 4) is 0 Å². The van der Waals surface area contributed by atoms with Crippen LogP contribution in [0.2, 0.25) is 0 Å². The minimum absolute atomic E-state index is 0.0183. The van der Waals surface area contributed by atoms with Gasteiger partial charge in [0.2, 0.25) is 0 Å². The summed E-state index contributed by atoms with van der Waals surface area (Å²) in [6.45, 7) is 6.23. The van der Waals surface area contributed by atoms with Gasteiger partial charge in [0.15, 0.2) is 0 Å². The molecule has 2 nitrogen and oxygen atoms in total. The SMILES string of the molecule is CCCC(=O)OC(C)(C)C1CC2CCC1C2. The van der Waals surface area contributed by atoms with E-state index in [0.717, 1.165) is 18.3 Å². The lowest BCUT2D eigenvalue weighted by molar-refractivity contribution is -0.163. The second kappa shape index (κ2) is 4.38. The Morgan fingerprint density at radius 2 is 2.06 bits per heavy atom. The maximum absolute atomic E-state index is 11.6. The number of carbonyl (C=O) groups is 1. The third-order valence-corrected chi connectivity index (χ3v) is 4.46. The molecule has 0 aromatic carbocycles. The number of esters is 1. The fourth-order valence-electron chi connectivity index (χ4n) is 3.72. The van der Waals surface area contributed by atoms with E-state index < -0.39 is 0 Å². The van der Waals surface area contributed by atoms with Crippen LogP contribution in [0.25, 0.3) is 0 Å². The molecule has 2 saturated carbocycles. The first-order valence-electron chi connectivity index (χ1n) is 6.74. The van der Waals surface area contributed by atoms with Crippen molar-refractivity contribution in [2.45, 2.75) is 64.9 Å². The average molecular weight is 224 g/mol. The number of hydrogen-bond acceptors (Lipinski definition) is 2. The van der Waals surface area contributed by atoms with Crippen LogP contribution in [0.3, 0.4) is 0 Å². The van der Waals surface area contributed by atoms with Crippen molar-refractivity contribution in [2.24, 2.45) is 17.8 Å². The van der Waals surface area contributed by atoms with Crippen molar-refractivity contribution in [1.29, 1.82) is 0 Å². The van der Waals surface area contributed by atoms with Gasteiger partial charge in [-0.25, -0.2) is 0 Å². The molecule has 0 saturated heterocycles. The van der Waals surface area contributed by atoms with Crippen molar-refractivity contribution in [2.75, 3.05) is 0 Å². The predicted octanol–water partition coefficient (Wildman–Crippen LogP) is 3.54. The second-order valence-corrected chi connectivity index (χ2v) is 6.11. The Labute approximate surface area is 98.7 Å². The Morgan fingerprint density at radius 3 is 2.56 bits per heavy atom. The maximum Gasteiger partial charge on any atom is 0.306 e. The van der Waals surface area contributed by atoms with E-state index in [4.69, 9.17) is 4.74 Å². The van der Waals surface area contributed by atoms with E-state index in [1.165, 1.54) is 25.7 Å². The molecule has 0 radical (unpaired) electrons. The number of rotatable bonds is 4. The maximum atomic E-state index is 11.6. The molecule has 2 bridgehead atoms. The van der Waals surface area contributed by atoms with Gasteiger partial charge in [-0.05, 0) is 51.4 Å². The molecule has 2 heteroatoms. The normalized spacial score (nSPS) is 33.1. The van der Waals surface area contributed by atoms with E-state index in [9.17, 15) is 4.79 Å². The summed E-state index contributed by atoms with van der Waals surface area (Å²) < 4.78 is 5.68. The molecule has 2 fully saturated rings. The summed E-state index contributed by atoms with van der Waals surface area (Å²) in [4.78, 5) is 11.6. The largest absolute Gasteiger partial charge is 0.459 e. The lowest BCUT2D eigenvalue weighted by Gasteiger charge is -2.36. The zero-order valence-corrected chi connectivity index (χ0v) is 10.8. The summed E-state index contributed by atoms with van der Waals surface area (Å²) >= 11 is 0. The Morgan fingerprint density at radius 1 is 1.31 bits per heavy atom. The molecule has 2 rings (SSSR count). The molecule has 16 heavy (non-hydrogen) atoms. The van der Waals surface area contributed by atoms with E-state index in [1.54, 1.807) is 0 Å². The highest BCUT2D eigenvalue weighted by atomic mass is 16.6. The van der Waals surface area contributed by atoms with Crippen LogP contribution < -0.4 is 0 Å². The van der Waals surface area contributed by atoms with Crippen molar-refractivity contribution >= 4 is 5.97 Å². The van der Waals surface area contributed by atoms with Crippen LogP contribution in [0.1, 0.15) is 59.3 Å². The Kier molecular flexibility index (Phi) is 3.27. The van der Waals surface area contributed by atoms with Crippen LogP contribution in [0.5, 0.6) is 0 Å². The van der Waals surface area contributed by atoms with E-state index in [1.807, 2.05) is 6.92 Å². The number of carbonyl (C=O) groups excluding carboxylic acids is 1. The molecule has 0 amide bonds. The van der Waals surface area contributed by atoms with Gasteiger partial charge in [-0.3, -0.25) is 4.79 Å². The lowest BCUT2D eigenvalue weighted by atomic mass is 9.78. The van der Waals surface area contributed by atoms with Crippen LogP contribution in [0.15, 0.2) is 0 Å². The molecular weight excluding hydrogens is 200 g/mol. The molecule has 0 heterocycles. The highest BCUT2D eigenvalue weighted by Gasteiger charge is 2.48. The summed E-state index contributed by atoms with van der Waals surface area (Å²) in [6.07, 6.45) is 6.84. The molecule has 92 valence electrons. The van der Waals surface area contributed by atoms with Gasteiger partial charge in [-0.2, -0.15) is 0 Å². The van der Waals surface area contributed by atoms with Crippen LogP contribution in [-0.2, 0) is 9.53 Å². The van der Waals surface area contributed by atoms with Gasteiger partial charge in [-0.1, -0.05) is 13.3 Å². The van der Waals surface area contributed by atoms with Crippen LogP contribution in [-0.4, -0.2) is 11.6 Å². The molecule has 2 aliphatic rings. The first kappa shape index (κ1) is 11.9. The van der Waals surface area contributed by atoms with E-state index in [-0.39, 0.29) is 11.6 Å². The zero-order chi connectivity index (χ0) is 11.8. The summed E-state index contributed by atoms with van der Waals surface area (Å²) in [5, 5.41) is 0. The van der Waals surface area contributed by atoms with Gasteiger partial charge in [0.05, 0.1) is 0 Å². The molecular formula is C14H24O2. The third kappa shape index (κ3) is 2.26. The van der Waals surface area contributed by atoms with Crippen LogP contribution in [0.4, 0.5) is 0 Å². The van der Waals surface area contributed by atoms with E-state index in [0.29, 0.717) is 12.3 Å². The van der Waals surface area contributed by atoms with Crippen molar-refractivity contribution in [1.82, 2.24) is 0 Å². The molecule has 2 aliphatic carbocycles. The lowest BCUT2D eigenvalue weighted by Crippen LogP contribution is -2.39. The zero-order valence-electron chi connectivity index (χ0n) is 10.8. The standard InChI is InChI=1S/C14H24O2/c1-4-5-13(15)16-14(2,3)12-9-10-6-7-11(12)8-10/h10-12H,4-9H2,1-3H3. The molecule has 3 unspecified atom stereocenters. The third-order valence-electron chi connectivity index (χ3n) is 4.46. The molecule has 0 spiro atoms. The minimum Gasteiger partial charge on any atom is -0.459 e. The monoisotopic (exact) mass is 224 g/mol. The highest BCUT2D eigenvalue weighted by molar-refractivity contribution is 5.69. The average Bonchev–Trinajstić information content (AvgIpc) is 2.77. The molecule has 0 aromatic heterocycles. The second-order valence-electron chi connectivity index (χ2n) is 6.11. The number of hydrogen-bond donors (Lipinski definition) is 0. The highest BCUT2D eigenvalue weighted by Crippen LogP contribution is 2.52. The quantitative estimate of drug-likeness (QED) is 0.683. The minimum atomic E-state index is -0.244. The van der Waals surface area contributed by atoms with Gasteiger partial charge < -0.3 is 4.74 Å². The Bertz CT molecular complexity index is 270. The van der Waals surface area contributed by atoms with Crippen molar-refractivity contribution in [3.05, 3.63) is 0 Å². The van der Waals surface area contributed by atoms with E-state index >= 15 is 0 Å². The van der Waals surface area contributed by atoms with Gasteiger partial charge in [0.25, 0.3) is 0 Å². The Balaban J connectivity index is 1.94. The molecule has 3 atom stereocenters. The molecule has 0 N–H and O–H groups in total. The summed E-state index contributed by atoms with van der Waals surface area (Å²) in [6, 6.07) is 0. The fraction of sp³-hybridized carbons (Fsp3) is 0.929. The van der Waals surface area contributed by atoms with Gasteiger partial charge in [0.1, 0.15) is 5.60 Å². The topological polar surface area (TPSA) is 26.3 Å². The molecule has 0 aliphatic heterocycles. The first-order valence-corrected chi connectivity index (χ1v) is 6.74. The Hall–Kier alpha value is -0.530. The van der Waals surface area contributed by atoms with Gasteiger partial charge >= 0.3 is 5.97 Å². The first-order chi connectivity index (χ1) is 7.53. The number of fused-ring (bicyclic) bond motifs is 2. The summed E-state index contributed by atoms with van der Waals surface area (Å²) in [5.41, 5.74) is -0.244. The predicted molar refractivity (Wildman–Crippen MR) is 64.0 cm³/mol. The fourth-order valence-corrected chi connectivity index (χ4v) is 3.72. The van der Waals surface area contributed by atoms with Gasteiger partial charge in [0, 0.05) is 12.3 Å². The van der Waals surface area contributed by atoms with Crippen molar-refractivity contribution < 1.29 is 9.53 Å². The smallest absolute Gasteiger partial charge is 0.306 e.